The van der Waals surface area contributed by atoms with E-state index in [9.17, 15) is 13.6 Å². The van der Waals surface area contributed by atoms with Crippen LogP contribution in [0, 0.1) is 6.92 Å². The zero-order valence-electron chi connectivity index (χ0n) is 11.6. The Labute approximate surface area is 123 Å². The number of hydrogen-bond acceptors (Lipinski definition) is 6. The van der Waals surface area contributed by atoms with Gasteiger partial charge in [-0.2, -0.15) is 13.8 Å². The van der Waals surface area contributed by atoms with Crippen molar-refractivity contribution in [2.75, 3.05) is 5.32 Å². The number of nitrogens with one attached hydrogen (secondary N) is 2. The molecule has 1 saturated carbocycles. The molecule has 0 bridgehead atoms. The van der Waals surface area contributed by atoms with Gasteiger partial charge in [-0.05, 0) is 26.2 Å². The summed E-state index contributed by atoms with van der Waals surface area (Å²) in [6, 6.07) is 1.01. The molecule has 0 saturated heterocycles. The maximum absolute atomic E-state index is 12.5. The summed E-state index contributed by atoms with van der Waals surface area (Å²) >= 11 is 0. The topological polar surface area (TPSA) is 106 Å². The smallest absolute Gasteiger partial charge is 0.321 e. The first kappa shape index (κ1) is 14.4. The van der Waals surface area contributed by atoms with Gasteiger partial charge in [0.2, 0.25) is 0 Å². The van der Waals surface area contributed by atoms with Gasteiger partial charge in [0.25, 0.3) is 5.89 Å². The number of nitrogens with zero attached hydrogens (tertiary/aromatic N) is 3. The normalized spacial score (nSPS) is 16.4. The van der Waals surface area contributed by atoms with Crippen molar-refractivity contribution < 1.29 is 22.6 Å². The minimum atomic E-state index is -2.84. The van der Waals surface area contributed by atoms with Crippen molar-refractivity contribution >= 4 is 11.8 Å². The fourth-order valence-electron chi connectivity index (χ4n) is 2.24. The third-order valence-electron chi connectivity index (χ3n) is 3.49. The molecular formula is C12H13F2N5O3. The van der Waals surface area contributed by atoms with Crippen molar-refractivity contribution in [2.24, 2.45) is 0 Å². The maximum atomic E-state index is 12.5. The van der Waals surface area contributed by atoms with E-state index in [0.29, 0.717) is 18.6 Å². The van der Waals surface area contributed by atoms with E-state index in [-0.39, 0.29) is 11.6 Å². The molecule has 1 fully saturated rings. The van der Waals surface area contributed by atoms with Crippen molar-refractivity contribution in [2.45, 2.75) is 38.2 Å². The number of halogens is 2. The highest BCUT2D eigenvalue weighted by atomic mass is 19.3. The lowest BCUT2D eigenvalue weighted by molar-refractivity contribution is 0.106. The monoisotopic (exact) mass is 313 g/mol. The fourth-order valence-corrected chi connectivity index (χ4v) is 2.24. The van der Waals surface area contributed by atoms with Gasteiger partial charge >= 0.3 is 12.5 Å². The predicted molar refractivity (Wildman–Crippen MR) is 68.2 cm³/mol. The number of hydrogen-bond donors (Lipinski definition) is 2. The molecule has 1 aliphatic rings. The van der Waals surface area contributed by atoms with Crippen molar-refractivity contribution in [3.05, 3.63) is 23.5 Å². The minimum absolute atomic E-state index is 0.0560. The second kappa shape index (κ2) is 5.35. The summed E-state index contributed by atoms with van der Waals surface area (Å²) in [5, 5.41) is 12.4. The molecule has 22 heavy (non-hydrogen) atoms. The number of rotatable bonds is 4. The molecular weight excluding hydrogens is 300 g/mol. The Hall–Kier alpha value is -2.52. The Kier molecular flexibility index (Phi) is 3.51. The van der Waals surface area contributed by atoms with Gasteiger partial charge in [-0.1, -0.05) is 10.3 Å². The zero-order valence-corrected chi connectivity index (χ0v) is 11.6. The number of aromatic nitrogens is 3. The van der Waals surface area contributed by atoms with E-state index in [1.165, 1.54) is 0 Å². The number of anilines is 1. The van der Waals surface area contributed by atoms with Crippen molar-refractivity contribution in [1.82, 2.24) is 20.6 Å². The van der Waals surface area contributed by atoms with Crippen LogP contribution in [-0.4, -0.2) is 21.3 Å². The molecule has 2 heterocycles. The summed E-state index contributed by atoms with van der Waals surface area (Å²) in [6.07, 6.45) is -0.937. The first-order chi connectivity index (χ1) is 10.5. The number of urea groups is 1. The Bertz CT molecular complexity index is 680. The summed E-state index contributed by atoms with van der Waals surface area (Å²) < 4.78 is 34.4. The van der Waals surface area contributed by atoms with E-state index in [1.807, 2.05) is 0 Å². The lowest BCUT2D eigenvalue weighted by Gasteiger charge is -2.39. The second-order valence-electron chi connectivity index (χ2n) is 5.09. The number of alkyl halides is 2. The molecule has 2 aromatic heterocycles. The van der Waals surface area contributed by atoms with Gasteiger partial charge < -0.3 is 14.4 Å². The second-order valence-corrected chi connectivity index (χ2v) is 5.09. The SMILES string of the molecule is Cc1cc(NC(=O)NC2(c3noc(C(F)F)n3)CCC2)no1. The average Bonchev–Trinajstić information content (AvgIpc) is 3.03. The van der Waals surface area contributed by atoms with E-state index in [4.69, 9.17) is 4.52 Å². The molecule has 2 N–H and O–H groups in total. The van der Waals surface area contributed by atoms with E-state index in [2.05, 4.69) is 30.5 Å². The molecule has 0 spiro atoms. The van der Waals surface area contributed by atoms with Crippen LogP contribution in [0.1, 0.15) is 43.2 Å². The van der Waals surface area contributed by atoms with Crippen LogP contribution >= 0.6 is 0 Å². The van der Waals surface area contributed by atoms with E-state index < -0.39 is 23.9 Å². The van der Waals surface area contributed by atoms with Crippen LogP contribution in [0.4, 0.5) is 19.4 Å². The lowest BCUT2D eigenvalue weighted by atomic mass is 9.76. The first-order valence-corrected chi connectivity index (χ1v) is 6.63. The molecule has 10 heteroatoms. The molecule has 0 atom stereocenters. The van der Waals surface area contributed by atoms with Gasteiger partial charge in [0.1, 0.15) is 11.3 Å². The van der Waals surface area contributed by atoms with Crippen LogP contribution in [0.5, 0.6) is 0 Å². The van der Waals surface area contributed by atoms with Gasteiger partial charge in [-0.3, -0.25) is 5.32 Å². The van der Waals surface area contributed by atoms with E-state index in [0.717, 1.165) is 6.42 Å². The molecule has 0 aliphatic heterocycles. The molecule has 2 amide bonds. The third kappa shape index (κ3) is 2.63. The van der Waals surface area contributed by atoms with Gasteiger partial charge in [-0.25, -0.2) is 4.79 Å². The number of aryl methyl sites for hydroxylation is 1. The Morgan fingerprint density at radius 1 is 1.36 bits per heavy atom. The average molecular weight is 313 g/mol. The number of amides is 2. The molecule has 0 aromatic carbocycles. The standard InChI is InChI=1S/C12H13F2N5O3/c1-6-5-7(18-21-6)15-11(20)17-12(3-2-4-12)10-16-9(8(13)14)22-19-10/h5,8H,2-4H2,1H3,(H2,15,17,18,20). The van der Waals surface area contributed by atoms with E-state index in [1.54, 1.807) is 13.0 Å². The highest BCUT2D eigenvalue weighted by Crippen LogP contribution is 2.40. The molecule has 3 rings (SSSR count). The highest BCUT2D eigenvalue weighted by Gasteiger charge is 2.45. The molecule has 8 nitrogen and oxygen atoms in total. The van der Waals surface area contributed by atoms with Crippen LogP contribution in [0.25, 0.3) is 0 Å². The van der Waals surface area contributed by atoms with Crippen molar-refractivity contribution in [3.63, 3.8) is 0 Å². The van der Waals surface area contributed by atoms with Crippen molar-refractivity contribution in [3.8, 4) is 0 Å². The minimum Gasteiger partial charge on any atom is -0.360 e. The molecule has 0 radical (unpaired) electrons. The summed E-state index contributed by atoms with van der Waals surface area (Å²) in [5.74, 6) is 0.107. The molecule has 2 aromatic rings. The summed E-state index contributed by atoms with van der Waals surface area (Å²) in [4.78, 5) is 15.7. The molecule has 0 unspecified atom stereocenters. The molecule has 1 aliphatic carbocycles. The van der Waals surface area contributed by atoms with Gasteiger partial charge in [0.05, 0.1) is 0 Å². The highest BCUT2D eigenvalue weighted by molar-refractivity contribution is 5.88. The quantitative estimate of drug-likeness (QED) is 0.898. The Morgan fingerprint density at radius 3 is 2.64 bits per heavy atom. The van der Waals surface area contributed by atoms with E-state index >= 15 is 0 Å². The summed E-state index contributed by atoms with van der Waals surface area (Å²) in [6.45, 7) is 1.69. The fraction of sp³-hybridized carbons (Fsp3) is 0.500. The summed E-state index contributed by atoms with van der Waals surface area (Å²) in [7, 11) is 0. The van der Waals surface area contributed by atoms with Gasteiger partial charge in [0, 0.05) is 6.07 Å². The van der Waals surface area contributed by atoms with Crippen LogP contribution in [-0.2, 0) is 5.54 Å². The van der Waals surface area contributed by atoms with Crippen LogP contribution < -0.4 is 10.6 Å². The van der Waals surface area contributed by atoms with Crippen LogP contribution in [0.15, 0.2) is 15.1 Å². The Morgan fingerprint density at radius 2 is 2.14 bits per heavy atom. The van der Waals surface area contributed by atoms with Gasteiger partial charge in [0.15, 0.2) is 11.6 Å². The van der Waals surface area contributed by atoms with Crippen molar-refractivity contribution in [1.29, 1.82) is 0 Å². The van der Waals surface area contributed by atoms with Gasteiger partial charge in [-0.15, -0.1) is 0 Å². The third-order valence-corrected chi connectivity index (χ3v) is 3.49. The predicted octanol–water partition coefficient (Wildman–Crippen LogP) is 2.50. The van der Waals surface area contributed by atoms with Crippen LogP contribution in [0.2, 0.25) is 0 Å². The molecule has 118 valence electrons. The lowest BCUT2D eigenvalue weighted by Crippen LogP contribution is -2.52. The number of carbonyl (C=O) groups is 1. The maximum Gasteiger partial charge on any atom is 0.321 e. The largest absolute Gasteiger partial charge is 0.360 e. The van der Waals surface area contributed by atoms with Crippen LogP contribution in [0.3, 0.4) is 0 Å². The zero-order chi connectivity index (χ0) is 15.7. The number of carbonyl (C=O) groups excluding carboxylic acids is 1. The summed E-state index contributed by atoms with van der Waals surface area (Å²) in [5.41, 5.74) is -0.889. The first-order valence-electron chi connectivity index (χ1n) is 6.63. The Balaban J connectivity index is 1.71.